The second kappa shape index (κ2) is 9.23. The Balaban J connectivity index is 1.72. The molecule has 1 aliphatic rings. The lowest BCUT2D eigenvalue weighted by atomic mass is 10.1. The molecule has 0 radical (unpaired) electrons. The smallest absolute Gasteiger partial charge is 0.255 e. The number of aromatic nitrogens is 1. The largest absolute Gasteiger partial charge is 0.493 e. The van der Waals surface area contributed by atoms with Crippen molar-refractivity contribution in [2.75, 3.05) is 50.2 Å². The van der Waals surface area contributed by atoms with E-state index in [-0.39, 0.29) is 5.91 Å². The fraction of sp³-hybridized carbons (Fsp3) is 0.333. The number of morpholine rings is 1. The molecular formula is C21H25N3O4. The molecule has 1 N–H and O–H groups in total. The quantitative estimate of drug-likeness (QED) is 0.741. The minimum absolute atomic E-state index is 0.238. The van der Waals surface area contributed by atoms with E-state index in [9.17, 15) is 4.79 Å². The number of anilines is 2. The van der Waals surface area contributed by atoms with Crippen molar-refractivity contribution in [3.05, 3.63) is 54.2 Å². The summed E-state index contributed by atoms with van der Waals surface area (Å²) in [5.41, 5.74) is 1.91. The summed E-state index contributed by atoms with van der Waals surface area (Å²) in [6.07, 6.45) is 1.65. The van der Waals surface area contributed by atoms with Gasteiger partial charge >= 0.3 is 0 Å². The molecule has 148 valence electrons. The number of carbonyl (C=O) groups excluding carboxylic acids is 1. The van der Waals surface area contributed by atoms with Crippen LogP contribution in [-0.4, -0.2) is 50.9 Å². The Morgan fingerprint density at radius 1 is 1.29 bits per heavy atom. The van der Waals surface area contributed by atoms with Crippen molar-refractivity contribution in [2.45, 2.75) is 6.92 Å². The molecule has 7 heteroatoms. The zero-order valence-electron chi connectivity index (χ0n) is 16.2. The van der Waals surface area contributed by atoms with Gasteiger partial charge in [-0.15, -0.1) is 0 Å². The first-order valence-corrected chi connectivity index (χ1v) is 9.16. The van der Waals surface area contributed by atoms with E-state index in [4.69, 9.17) is 14.2 Å². The maximum Gasteiger partial charge on any atom is 0.255 e. The van der Waals surface area contributed by atoms with E-state index in [1.54, 1.807) is 24.3 Å². The van der Waals surface area contributed by atoms with Crippen LogP contribution < -0.4 is 19.7 Å². The Kier molecular flexibility index (Phi) is 6.49. The number of hydrogen-bond donors (Lipinski definition) is 1. The van der Waals surface area contributed by atoms with E-state index in [0.717, 1.165) is 24.6 Å². The van der Waals surface area contributed by atoms with Crippen LogP contribution in [0, 0.1) is 6.92 Å². The van der Waals surface area contributed by atoms with Crippen molar-refractivity contribution in [2.24, 2.45) is 0 Å². The van der Waals surface area contributed by atoms with Gasteiger partial charge in [0.05, 0.1) is 31.7 Å². The van der Waals surface area contributed by atoms with E-state index in [0.29, 0.717) is 42.6 Å². The fourth-order valence-electron chi connectivity index (χ4n) is 2.92. The highest BCUT2D eigenvalue weighted by atomic mass is 16.5. The molecule has 28 heavy (non-hydrogen) atoms. The van der Waals surface area contributed by atoms with E-state index in [1.807, 2.05) is 19.1 Å². The maximum atomic E-state index is 12.7. The minimum atomic E-state index is -0.238. The highest BCUT2D eigenvalue weighted by Gasteiger charge is 2.16. The number of aryl methyl sites for hydroxylation is 1. The first kappa shape index (κ1) is 19.7. The van der Waals surface area contributed by atoms with E-state index in [1.165, 1.54) is 7.11 Å². The van der Waals surface area contributed by atoms with Gasteiger partial charge in [-0.3, -0.25) is 4.79 Å². The highest BCUT2D eigenvalue weighted by Crippen LogP contribution is 2.29. The van der Waals surface area contributed by atoms with Crippen molar-refractivity contribution in [1.29, 1.82) is 0 Å². The third-order valence-electron chi connectivity index (χ3n) is 4.44. The van der Waals surface area contributed by atoms with Crippen molar-refractivity contribution >= 4 is 17.4 Å². The molecule has 2 aromatic rings. The summed E-state index contributed by atoms with van der Waals surface area (Å²) in [5.74, 6) is 1.71. The van der Waals surface area contributed by atoms with Gasteiger partial charge < -0.3 is 24.4 Å². The Hall–Kier alpha value is -3.06. The number of nitrogens with one attached hydrogen (secondary N) is 1. The van der Waals surface area contributed by atoms with E-state index < -0.39 is 0 Å². The molecule has 1 saturated heterocycles. The third-order valence-corrected chi connectivity index (χ3v) is 4.44. The molecule has 1 aromatic heterocycles. The van der Waals surface area contributed by atoms with Crippen molar-refractivity contribution in [3.8, 4) is 11.5 Å². The maximum absolute atomic E-state index is 12.7. The van der Waals surface area contributed by atoms with Gasteiger partial charge in [-0.1, -0.05) is 12.7 Å². The van der Waals surface area contributed by atoms with E-state index in [2.05, 4.69) is 21.8 Å². The first-order chi connectivity index (χ1) is 13.6. The number of amides is 1. The number of carbonyl (C=O) groups is 1. The summed E-state index contributed by atoms with van der Waals surface area (Å²) in [7, 11) is 1.54. The first-order valence-electron chi connectivity index (χ1n) is 9.16. The molecule has 0 saturated carbocycles. The van der Waals surface area contributed by atoms with Gasteiger partial charge in [0.2, 0.25) is 0 Å². The normalized spacial score (nSPS) is 13.7. The molecule has 3 rings (SSSR count). The lowest BCUT2D eigenvalue weighted by Crippen LogP contribution is -2.36. The number of benzene rings is 1. The average molecular weight is 383 g/mol. The monoisotopic (exact) mass is 383 g/mol. The van der Waals surface area contributed by atoms with Gasteiger partial charge in [0.25, 0.3) is 5.91 Å². The molecule has 2 heterocycles. The number of ether oxygens (including phenoxy) is 3. The summed E-state index contributed by atoms with van der Waals surface area (Å²) in [6, 6.07) is 8.86. The van der Waals surface area contributed by atoms with Crippen LogP contribution in [-0.2, 0) is 4.74 Å². The number of methoxy groups -OCH3 is 1. The van der Waals surface area contributed by atoms with Gasteiger partial charge in [-0.2, -0.15) is 0 Å². The molecule has 1 aromatic carbocycles. The molecule has 1 fully saturated rings. The van der Waals surface area contributed by atoms with E-state index >= 15 is 0 Å². The van der Waals surface area contributed by atoms with Crippen LogP contribution in [0.15, 0.2) is 43.0 Å². The van der Waals surface area contributed by atoms with Crippen LogP contribution in [0.5, 0.6) is 11.5 Å². The minimum Gasteiger partial charge on any atom is -0.493 e. The zero-order valence-corrected chi connectivity index (χ0v) is 16.2. The summed E-state index contributed by atoms with van der Waals surface area (Å²) in [6.45, 7) is 8.91. The van der Waals surface area contributed by atoms with Gasteiger partial charge in [0.1, 0.15) is 12.4 Å². The van der Waals surface area contributed by atoms with Crippen LogP contribution in [0.1, 0.15) is 16.1 Å². The molecule has 0 unspecified atom stereocenters. The summed E-state index contributed by atoms with van der Waals surface area (Å²) in [5, 5.41) is 2.91. The van der Waals surface area contributed by atoms with Crippen LogP contribution in [0.3, 0.4) is 0 Å². The summed E-state index contributed by atoms with van der Waals surface area (Å²) in [4.78, 5) is 19.5. The fourth-order valence-corrected chi connectivity index (χ4v) is 2.92. The number of nitrogens with zero attached hydrogens (tertiary/aromatic N) is 2. The van der Waals surface area contributed by atoms with Crippen molar-refractivity contribution in [3.63, 3.8) is 0 Å². The van der Waals surface area contributed by atoms with Gasteiger partial charge in [-0.05, 0) is 37.3 Å². The molecule has 0 atom stereocenters. The Labute approximate surface area is 164 Å². The molecular weight excluding hydrogens is 358 g/mol. The average Bonchev–Trinajstić information content (AvgIpc) is 2.74. The van der Waals surface area contributed by atoms with Gasteiger partial charge in [0.15, 0.2) is 11.5 Å². The van der Waals surface area contributed by atoms with Gasteiger partial charge in [-0.25, -0.2) is 4.98 Å². The Morgan fingerprint density at radius 2 is 2.07 bits per heavy atom. The zero-order chi connectivity index (χ0) is 19.9. The summed E-state index contributed by atoms with van der Waals surface area (Å²) >= 11 is 0. The standard InChI is InChI=1S/C21H25N3O4/c1-4-11-28-18-7-5-16(14-19(18)26-3)21(25)23-17-6-8-20(22-15(17)2)24-9-12-27-13-10-24/h4-8,14H,1,9-13H2,2-3H3,(H,23,25). The Bertz CT molecular complexity index is 848. The topological polar surface area (TPSA) is 72.9 Å². The highest BCUT2D eigenvalue weighted by molar-refractivity contribution is 6.05. The van der Waals surface area contributed by atoms with Crippen LogP contribution >= 0.6 is 0 Å². The predicted molar refractivity (Wildman–Crippen MR) is 109 cm³/mol. The molecule has 1 amide bonds. The Morgan fingerprint density at radius 3 is 2.75 bits per heavy atom. The predicted octanol–water partition coefficient (Wildman–Crippen LogP) is 3.05. The van der Waals surface area contributed by atoms with Crippen molar-refractivity contribution < 1.29 is 19.0 Å². The van der Waals surface area contributed by atoms with Crippen LogP contribution in [0.4, 0.5) is 11.5 Å². The van der Waals surface area contributed by atoms with Gasteiger partial charge in [0, 0.05) is 18.7 Å². The SMILES string of the molecule is C=CCOc1ccc(C(=O)Nc2ccc(N3CCOCC3)nc2C)cc1OC. The van der Waals surface area contributed by atoms with Crippen LogP contribution in [0.25, 0.3) is 0 Å². The van der Waals surface area contributed by atoms with Crippen molar-refractivity contribution in [1.82, 2.24) is 4.98 Å². The molecule has 0 bridgehead atoms. The second-order valence-electron chi connectivity index (χ2n) is 6.32. The number of rotatable bonds is 7. The molecule has 0 aliphatic carbocycles. The third kappa shape index (κ3) is 4.61. The molecule has 1 aliphatic heterocycles. The van der Waals surface area contributed by atoms with Crippen LogP contribution in [0.2, 0.25) is 0 Å². The molecule has 7 nitrogen and oxygen atoms in total. The number of pyridine rings is 1. The molecule has 0 spiro atoms. The lowest BCUT2D eigenvalue weighted by Gasteiger charge is -2.28. The number of hydrogen-bond acceptors (Lipinski definition) is 6. The lowest BCUT2D eigenvalue weighted by molar-refractivity contribution is 0.102. The summed E-state index contributed by atoms with van der Waals surface area (Å²) < 4.78 is 16.2. The second-order valence-corrected chi connectivity index (χ2v) is 6.32.